The first-order chi connectivity index (χ1) is 6.42. The Bertz CT molecular complexity index is 401. The van der Waals surface area contributed by atoms with Gasteiger partial charge in [0.05, 0.1) is 0 Å². The van der Waals surface area contributed by atoms with Crippen molar-refractivity contribution >= 4 is 23.7 Å². The predicted octanol–water partition coefficient (Wildman–Crippen LogP) is 0.790. The van der Waals surface area contributed by atoms with Gasteiger partial charge >= 0.3 is 0 Å². The lowest BCUT2D eigenvalue weighted by Crippen LogP contribution is -2.15. The van der Waals surface area contributed by atoms with E-state index in [1.54, 1.807) is 0 Å². The van der Waals surface area contributed by atoms with E-state index in [-0.39, 0.29) is 0 Å². The van der Waals surface area contributed by atoms with Crippen LogP contribution in [0.15, 0.2) is 24.3 Å². The molecule has 0 saturated carbocycles. The van der Waals surface area contributed by atoms with Crippen LogP contribution in [-0.2, 0) is 0 Å². The molecule has 4 nitrogen and oxygen atoms in total. The smallest absolute Gasteiger partial charge is 0.130 e. The number of fused-ring (bicyclic) bond motifs is 1. The first-order valence-corrected chi connectivity index (χ1v) is 4.59. The number of nitrogens with zero attached hydrogens (tertiary/aromatic N) is 3. The van der Waals surface area contributed by atoms with E-state index in [0.717, 1.165) is 11.0 Å². The summed E-state index contributed by atoms with van der Waals surface area (Å²) in [6, 6.07) is 7.64. The molecule has 0 saturated heterocycles. The number of rotatable bonds is 3. The van der Waals surface area contributed by atoms with E-state index in [1.807, 2.05) is 24.3 Å². The Labute approximate surface area is 80.9 Å². The first kappa shape index (κ1) is 8.37. The van der Waals surface area contributed by atoms with Crippen LogP contribution in [-0.4, -0.2) is 27.5 Å². The molecular weight excluding hydrogens is 186 g/mol. The highest BCUT2D eigenvalue weighted by Gasteiger charge is 2.02. The van der Waals surface area contributed by atoms with Crippen molar-refractivity contribution in [3.8, 4) is 0 Å². The first-order valence-electron chi connectivity index (χ1n) is 3.96. The number of aromatic nitrogens is 3. The summed E-state index contributed by atoms with van der Waals surface area (Å²) >= 11 is 4.04. The molecule has 2 aromatic rings. The summed E-state index contributed by atoms with van der Waals surface area (Å²) in [7, 11) is 0. The molecule has 0 spiro atoms. The number of hydrogen-bond acceptors (Lipinski definition) is 4. The van der Waals surface area contributed by atoms with Crippen molar-refractivity contribution in [2.75, 3.05) is 12.4 Å². The fourth-order valence-electron chi connectivity index (χ4n) is 1.07. The Kier molecular flexibility index (Phi) is 2.35. The molecule has 1 aromatic heterocycles. The summed E-state index contributed by atoms with van der Waals surface area (Å²) in [6.07, 6.45) is 0. The minimum atomic E-state index is 0.524. The highest BCUT2D eigenvalue weighted by atomic mass is 32.1. The Morgan fingerprint density at radius 1 is 1.38 bits per heavy atom. The maximum atomic E-state index is 5.28. The third-order valence-corrected chi connectivity index (χ3v) is 1.81. The minimum Gasteiger partial charge on any atom is -0.394 e. The monoisotopic (exact) mass is 195 g/mol. The van der Waals surface area contributed by atoms with Gasteiger partial charge in [-0.15, -0.1) is 5.10 Å². The fourth-order valence-corrected chi connectivity index (χ4v) is 1.15. The van der Waals surface area contributed by atoms with E-state index in [2.05, 4.69) is 22.9 Å². The summed E-state index contributed by atoms with van der Waals surface area (Å²) < 4.78 is 0. The van der Waals surface area contributed by atoms with E-state index in [0.29, 0.717) is 12.4 Å². The normalized spacial score (nSPS) is 10.5. The molecule has 0 aliphatic heterocycles. The molecule has 0 fully saturated rings. The molecule has 0 atom stereocenters. The molecule has 2 rings (SSSR count). The second-order valence-electron chi connectivity index (χ2n) is 2.51. The molecule has 13 heavy (non-hydrogen) atoms. The van der Waals surface area contributed by atoms with E-state index < -0.39 is 0 Å². The van der Waals surface area contributed by atoms with Crippen molar-refractivity contribution in [3.63, 3.8) is 0 Å². The average molecular weight is 195 g/mol. The number of para-hydroxylation sites is 1. The molecular formula is C8H9N3OS. The molecule has 0 aliphatic rings. The lowest BCUT2D eigenvalue weighted by atomic mass is 10.3. The molecule has 0 N–H and O–H groups in total. The predicted molar refractivity (Wildman–Crippen MR) is 52.8 cm³/mol. The second-order valence-corrected chi connectivity index (χ2v) is 2.96. The van der Waals surface area contributed by atoms with Gasteiger partial charge in [0.15, 0.2) is 0 Å². The van der Waals surface area contributed by atoms with Crippen molar-refractivity contribution in [3.05, 3.63) is 24.3 Å². The van der Waals surface area contributed by atoms with E-state index >= 15 is 0 Å². The maximum Gasteiger partial charge on any atom is 0.130 e. The van der Waals surface area contributed by atoms with Gasteiger partial charge in [-0.1, -0.05) is 17.0 Å². The zero-order chi connectivity index (χ0) is 9.10. The van der Waals surface area contributed by atoms with Crippen LogP contribution in [0.1, 0.15) is 0 Å². The van der Waals surface area contributed by atoms with Crippen molar-refractivity contribution in [1.82, 2.24) is 15.2 Å². The SMILES string of the molecule is SCCOn1nnc2ccccc21. The molecule has 0 unspecified atom stereocenters. The molecule has 1 heterocycles. The van der Waals surface area contributed by atoms with Crippen LogP contribution in [0, 0.1) is 0 Å². The number of benzene rings is 1. The minimum absolute atomic E-state index is 0.524. The van der Waals surface area contributed by atoms with Crippen LogP contribution in [0.4, 0.5) is 0 Å². The fraction of sp³-hybridized carbons (Fsp3) is 0.250. The van der Waals surface area contributed by atoms with Gasteiger partial charge in [0.2, 0.25) is 0 Å². The molecule has 0 amide bonds. The van der Waals surface area contributed by atoms with Gasteiger partial charge in [-0.2, -0.15) is 12.6 Å². The zero-order valence-electron chi connectivity index (χ0n) is 6.92. The summed E-state index contributed by atoms with van der Waals surface area (Å²) in [5.74, 6) is 0.661. The van der Waals surface area contributed by atoms with E-state index in [4.69, 9.17) is 4.84 Å². The van der Waals surface area contributed by atoms with Crippen LogP contribution in [0.3, 0.4) is 0 Å². The number of hydrogen-bond donors (Lipinski definition) is 1. The highest BCUT2D eigenvalue weighted by molar-refractivity contribution is 7.80. The Morgan fingerprint density at radius 3 is 3.08 bits per heavy atom. The summed E-state index contributed by atoms with van der Waals surface area (Å²) in [5, 5.41) is 7.78. The van der Waals surface area contributed by atoms with Gasteiger partial charge in [0.1, 0.15) is 17.6 Å². The quantitative estimate of drug-likeness (QED) is 0.736. The summed E-state index contributed by atoms with van der Waals surface area (Å²) in [4.78, 5) is 6.70. The van der Waals surface area contributed by atoms with Crippen LogP contribution in [0.2, 0.25) is 0 Å². The molecule has 0 radical (unpaired) electrons. The van der Waals surface area contributed by atoms with Crippen molar-refractivity contribution in [1.29, 1.82) is 0 Å². The van der Waals surface area contributed by atoms with E-state index in [1.165, 1.54) is 4.85 Å². The van der Waals surface area contributed by atoms with Crippen LogP contribution < -0.4 is 4.84 Å². The van der Waals surface area contributed by atoms with Crippen LogP contribution in [0.25, 0.3) is 11.0 Å². The van der Waals surface area contributed by atoms with E-state index in [9.17, 15) is 0 Å². The average Bonchev–Trinajstić information content (AvgIpc) is 2.58. The highest BCUT2D eigenvalue weighted by Crippen LogP contribution is 2.07. The third-order valence-electron chi connectivity index (χ3n) is 1.63. The third kappa shape index (κ3) is 1.60. The standard InChI is InChI=1S/C8H9N3OS/c13-6-5-12-11-8-4-2-1-3-7(8)9-10-11/h1-4,13H,5-6H2. The lowest BCUT2D eigenvalue weighted by Gasteiger charge is -2.01. The van der Waals surface area contributed by atoms with Gasteiger partial charge in [0.25, 0.3) is 0 Å². The lowest BCUT2D eigenvalue weighted by molar-refractivity contribution is 0.100. The van der Waals surface area contributed by atoms with Crippen molar-refractivity contribution in [2.45, 2.75) is 0 Å². The van der Waals surface area contributed by atoms with Gasteiger partial charge in [-0.3, -0.25) is 0 Å². The Morgan fingerprint density at radius 2 is 2.23 bits per heavy atom. The largest absolute Gasteiger partial charge is 0.394 e. The second kappa shape index (κ2) is 3.66. The number of thiol groups is 1. The molecule has 5 heteroatoms. The van der Waals surface area contributed by atoms with Gasteiger partial charge < -0.3 is 4.84 Å². The van der Waals surface area contributed by atoms with Crippen molar-refractivity contribution < 1.29 is 4.84 Å². The maximum absolute atomic E-state index is 5.28. The summed E-state index contributed by atoms with van der Waals surface area (Å²) in [6.45, 7) is 0.524. The van der Waals surface area contributed by atoms with Crippen LogP contribution in [0.5, 0.6) is 0 Å². The topological polar surface area (TPSA) is 39.9 Å². The zero-order valence-corrected chi connectivity index (χ0v) is 7.82. The molecule has 68 valence electrons. The van der Waals surface area contributed by atoms with Crippen molar-refractivity contribution in [2.24, 2.45) is 0 Å². The van der Waals surface area contributed by atoms with Gasteiger partial charge in [0, 0.05) is 5.75 Å². The molecule has 1 aromatic carbocycles. The van der Waals surface area contributed by atoms with Crippen LogP contribution >= 0.6 is 12.6 Å². The summed E-state index contributed by atoms with van der Waals surface area (Å²) in [5.41, 5.74) is 1.71. The molecule has 0 bridgehead atoms. The molecule has 0 aliphatic carbocycles. The Hall–Kier alpha value is -1.23. The van der Waals surface area contributed by atoms with Gasteiger partial charge in [-0.25, -0.2) is 0 Å². The van der Waals surface area contributed by atoms with Gasteiger partial charge in [-0.05, 0) is 17.3 Å². The Balaban J connectivity index is 2.35.